The number of rotatable bonds is 1. The standard InChI is InChI=1S/C15H26N2O3/c1-15(2,3)20-14(19)17-11-5-4-8-12(17)13(18)16-9-6-7-10-16/h12H,4-11H2,1-3H3. The van der Waals surface area contributed by atoms with E-state index >= 15 is 0 Å². The van der Waals surface area contributed by atoms with Gasteiger partial charge in [0.05, 0.1) is 0 Å². The molecule has 0 radical (unpaired) electrons. The molecule has 0 spiro atoms. The van der Waals surface area contributed by atoms with Crippen molar-refractivity contribution in [2.24, 2.45) is 0 Å². The summed E-state index contributed by atoms with van der Waals surface area (Å²) < 4.78 is 5.44. The summed E-state index contributed by atoms with van der Waals surface area (Å²) in [6, 6.07) is -0.323. The molecular weight excluding hydrogens is 256 g/mol. The van der Waals surface area contributed by atoms with E-state index in [1.165, 1.54) is 0 Å². The average Bonchev–Trinajstić information content (AvgIpc) is 2.89. The molecule has 1 atom stereocenters. The monoisotopic (exact) mass is 282 g/mol. The highest BCUT2D eigenvalue weighted by atomic mass is 16.6. The van der Waals surface area contributed by atoms with Crippen LogP contribution in [-0.2, 0) is 9.53 Å². The molecule has 20 heavy (non-hydrogen) atoms. The Morgan fingerprint density at radius 3 is 2.20 bits per heavy atom. The predicted molar refractivity (Wildman–Crippen MR) is 76.4 cm³/mol. The molecule has 5 nitrogen and oxygen atoms in total. The molecule has 114 valence electrons. The van der Waals surface area contributed by atoms with Crippen LogP contribution in [0.4, 0.5) is 4.79 Å². The van der Waals surface area contributed by atoms with Gasteiger partial charge in [-0.2, -0.15) is 0 Å². The van der Waals surface area contributed by atoms with E-state index in [4.69, 9.17) is 4.74 Å². The Balaban J connectivity index is 2.04. The summed E-state index contributed by atoms with van der Waals surface area (Å²) >= 11 is 0. The Morgan fingerprint density at radius 1 is 1.00 bits per heavy atom. The fraction of sp³-hybridized carbons (Fsp3) is 0.867. The minimum Gasteiger partial charge on any atom is -0.444 e. The van der Waals surface area contributed by atoms with Gasteiger partial charge in [0.15, 0.2) is 0 Å². The summed E-state index contributed by atoms with van der Waals surface area (Å²) in [5.41, 5.74) is -0.518. The molecule has 2 rings (SSSR count). The van der Waals surface area contributed by atoms with Gasteiger partial charge in [0.25, 0.3) is 0 Å². The van der Waals surface area contributed by atoms with Crippen LogP contribution in [0.3, 0.4) is 0 Å². The van der Waals surface area contributed by atoms with E-state index in [2.05, 4.69) is 0 Å². The highest BCUT2D eigenvalue weighted by Gasteiger charge is 2.37. The third kappa shape index (κ3) is 3.64. The van der Waals surface area contributed by atoms with E-state index in [9.17, 15) is 9.59 Å². The Labute approximate surface area is 121 Å². The van der Waals surface area contributed by atoms with Gasteiger partial charge in [0.2, 0.25) is 5.91 Å². The normalized spacial score (nSPS) is 23.9. The summed E-state index contributed by atoms with van der Waals surface area (Å²) in [7, 11) is 0. The zero-order valence-electron chi connectivity index (χ0n) is 12.9. The highest BCUT2D eigenvalue weighted by Crippen LogP contribution is 2.23. The molecule has 2 amide bonds. The van der Waals surface area contributed by atoms with Crippen LogP contribution in [0.2, 0.25) is 0 Å². The first-order valence-electron chi connectivity index (χ1n) is 7.67. The van der Waals surface area contributed by atoms with Gasteiger partial charge in [0.1, 0.15) is 11.6 Å². The summed E-state index contributed by atoms with van der Waals surface area (Å²) in [5, 5.41) is 0. The fourth-order valence-corrected chi connectivity index (χ4v) is 2.88. The number of nitrogens with zero attached hydrogens (tertiary/aromatic N) is 2. The molecule has 0 aromatic rings. The van der Waals surface area contributed by atoms with Crippen LogP contribution in [0, 0.1) is 0 Å². The summed E-state index contributed by atoms with van der Waals surface area (Å²) in [5.74, 6) is 0.105. The molecule has 2 heterocycles. The lowest BCUT2D eigenvalue weighted by Crippen LogP contribution is -2.53. The van der Waals surface area contributed by atoms with Crippen molar-refractivity contribution in [2.75, 3.05) is 19.6 Å². The lowest BCUT2D eigenvalue weighted by molar-refractivity contribution is -0.137. The average molecular weight is 282 g/mol. The molecule has 2 saturated heterocycles. The van der Waals surface area contributed by atoms with E-state index in [1.807, 2.05) is 25.7 Å². The third-order valence-corrected chi connectivity index (χ3v) is 3.83. The molecular formula is C15H26N2O3. The molecule has 0 bridgehead atoms. The molecule has 0 aliphatic carbocycles. The zero-order chi connectivity index (χ0) is 14.8. The van der Waals surface area contributed by atoms with E-state index in [0.717, 1.165) is 45.2 Å². The van der Waals surface area contributed by atoms with Crippen LogP contribution < -0.4 is 0 Å². The van der Waals surface area contributed by atoms with Gasteiger partial charge in [0, 0.05) is 19.6 Å². The zero-order valence-corrected chi connectivity index (χ0v) is 12.9. The lowest BCUT2D eigenvalue weighted by atomic mass is 10.0. The SMILES string of the molecule is CC(C)(C)OC(=O)N1CCCCC1C(=O)N1CCCC1. The van der Waals surface area contributed by atoms with E-state index < -0.39 is 5.60 Å². The van der Waals surface area contributed by atoms with Gasteiger partial charge in [-0.05, 0) is 52.9 Å². The van der Waals surface area contributed by atoms with Gasteiger partial charge in [-0.25, -0.2) is 4.79 Å². The van der Waals surface area contributed by atoms with Crippen molar-refractivity contribution in [2.45, 2.75) is 64.5 Å². The Bertz CT molecular complexity index is 370. The Hall–Kier alpha value is -1.26. The second-order valence-corrected chi connectivity index (χ2v) is 6.72. The second-order valence-electron chi connectivity index (χ2n) is 6.72. The van der Waals surface area contributed by atoms with Crippen molar-refractivity contribution in [3.8, 4) is 0 Å². The molecule has 2 aliphatic heterocycles. The van der Waals surface area contributed by atoms with Gasteiger partial charge < -0.3 is 9.64 Å². The summed E-state index contributed by atoms with van der Waals surface area (Å²) in [6.45, 7) is 7.85. The molecule has 5 heteroatoms. The maximum absolute atomic E-state index is 12.6. The van der Waals surface area contributed by atoms with Gasteiger partial charge in [-0.15, -0.1) is 0 Å². The molecule has 2 aliphatic rings. The number of piperidine rings is 1. The van der Waals surface area contributed by atoms with E-state index in [0.29, 0.717) is 6.54 Å². The van der Waals surface area contributed by atoms with Crippen molar-refractivity contribution >= 4 is 12.0 Å². The van der Waals surface area contributed by atoms with Crippen LogP contribution in [0.1, 0.15) is 52.9 Å². The number of hydrogen-bond donors (Lipinski definition) is 0. The van der Waals surface area contributed by atoms with Gasteiger partial charge >= 0.3 is 6.09 Å². The van der Waals surface area contributed by atoms with Crippen molar-refractivity contribution in [1.29, 1.82) is 0 Å². The Morgan fingerprint density at radius 2 is 1.60 bits per heavy atom. The molecule has 0 saturated carbocycles. The number of carbonyl (C=O) groups excluding carboxylic acids is 2. The minimum atomic E-state index is -0.518. The Kier molecular flexibility index (Phi) is 4.55. The van der Waals surface area contributed by atoms with Crippen LogP contribution in [0.25, 0.3) is 0 Å². The number of amides is 2. The minimum absolute atomic E-state index is 0.105. The van der Waals surface area contributed by atoms with Crippen molar-refractivity contribution in [3.63, 3.8) is 0 Å². The molecule has 0 aromatic heterocycles. The molecule has 1 unspecified atom stereocenters. The van der Waals surface area contributed by atoms with Crippen molar-refractivity contribution in [3.05, 3.63) is 0 Å². The highest BCUT2D eigenvalue weighted by molar-refractivity contribution is 5.86. The van der Waals surface area contributed by atoms with Gasteiger partial charge in [-0.3, -0.25) is 9.69 Å². The number of ether oxygens (including phenoxy) is 1. The molecule has 2 fully saturated rings. The molecule has 0 N–H and O–H groups in total. The first-order chi connectivity index (χ1) is 9.38. The first kappa shape index (κ1) is 15.1. The van der Waals surface area contributed by atoms with Crippen LogP contribution in [0.5, 0.6) is 0 Å². The predicted octanol–water partition coefficient (Wildman–Crippen LogP) is 2.40. The largest absolute Gasteiger partial charge is 0.444 e. The second kappa shape index (κ2) is 6.02. The maximum Gasteiger partial charge on any atom is 0.410 e. The van der Waals surface area contributed by atoms with Crippen LogP contribution in [0.15, 0.2) is 0 Å². The third-order valence-electron chi connectivity index (χ3n) is 3.83. The van der Waals surface area contributed by atoms with Crippen molar-refractivity contribution < 1.29 is 14.3 Å². The summed E-state index contributed by atoms with van der Waals surface area (Å²) in [4.78, 5) is 28.4. The first-order valence-corrected chi connectivity index (χ1v) is 7.67. The maximum atomic E-state index is 12.6. The summed E-state index contributed by atoms with van der Waals surface area (Å²) in [6.07, 6.45) is 4.51. The number of likely N-dealkylation sites (tertiary alicyclic amines) is 2. The van der Waals surface area contributed by atoms with Gasteiger partial charge in [-0.1, -0.05) is 0 Å². The molecule has 0 aromatic carbocycles. The lowest BCUT2D eigenvalue weighted by Gasteiger charge is -2.37. The number of carbonyl (C=O) groups is 2. The van der Waals surface area contributed by atoms with Crippen LogP contribution >= 0.6 is 0 Å². The smallest absolute Gasteiger partial charge is 0.410 e. The topological polar surface area (TPSA) is 49.9 Å². The quantitative estimate of drug-likeness (QED) is 0.742. The van der Waals surface area contributed by atoms with E-state index in [1.54, 1.807) is 4.90 Å². The number of hydrogen-bond acceptors (Lipinski definition) is 3. The van der Waals surface area contributed by atoms with E-state index in [-0.39, 0.29) is 18.0 Å². The van der Waals surface area contributed by atoms with Crippen molar-refractivity contribution in [1.82, 2.24) is 9.80 Å². The fourth-order valence-electron chi connectivity index (χ4n) is 2.88. The van der Waals surface area contributed by atoms with Crippen LogP contribution in [-0.4, -0.2) is 53.1 Å².